The Labute approximate surface area is 385 Å². The summed E-state index contributed by atoms with van der Waals surface area (Å²) in [4.78, 5) is 106. The van der Waals surface area contributed by atoms with Gasteiger partial charge in [-0.1, -0.05) is 45.4 Å². The normalized spacial score (nSPS) is 12.4. The van der Waals surface area contributed by atoms with E-state index in [0.29, 0.717) is 31.4 Å². The first-order valence-electron chi connectivity index (χ1n) is 22.5. The third-order valence-corrected chi connectivity index (χ3v) is 10.8. The van der Waals surface area contributed by atoms with Gasteiger partial charge < -0.3 is 60.6 Å². The summed E-state index contributed by atoms with van der Waals surface area (Å²) >= 11 is 1.24. The molecule has 0 unspecified atom stereocenters. The molecule has 0 fully saturated rings. The number of carboxylic acid groups (broad SMARTS) is 3. The Bertz CT molecular complexity index is 1410. The van der Waals surface area contributed by atoms with Crippen LogP contribution in [-0.4, -0.2) is 170 Å². The largest absolute Gasteiger partial charge is 0.481 e. The minimum Gasteiger partial charge on any atom is -0.481 e. The summed E-state index contributed by atoms with van der Waals surface area (Å²) in [7, 11) is 0. The van der Waals surface area contributed by atoms with E-state index in [2.05, 4.69) is 21.3 Å². The average Bonchev–Trinajstić information content (AvgIpc) is 3.26. The van der Waals surface area contributed by atoms with Crippen LogP contribution in [0, 0.1) is 11.8 Å². The van der Waals surface area contributed by atoms with Crippen LogP contribution in [0.2, 0.25) is 0 Å². The zero-order valence-corrected chi connectivity index (χ0v) is 38.8. The topological polar surface area (TPSA) is 320 Å². The van der Waals surface area contributed by atoms with Gasteiger partial charge >= 0.3 is 17.9 Å². The number of nitrogens with one attached hydrogen (secondary N) is 4. The lowest BCUT2D eigenvalue weighted by molar-refractivity contribution is -0.145. The van der Waals surface area contributed by atoms with Gasteiger partial charge in [0.25, 0.3) is 0 Å². The van der Waals surface area contributed by atoms with Crippen LogP contribution in [0.25, 0.3) is 0 Å². The second-order valence-corrected chi connectivity index (χ2v) is 16.3. The maximum absolute atomic E-state index is 12.3. The number of unbranched alkanes of at least 4 members (excludes halogenated alkanes) is 7. The summed E-state index contributed by atoms with van der Waals surface area (Å²) in [5.41, 5.74) is 0. The summed E-state index contributed by atoms with van der Waals surface area (Å²) in [5, 5.41) is 46.7. The maximum atomic E-state index is 12.3. The first kappa shape index (κ1) is 60.8. The Kier molecular flexibility index (Phi) is 38.6. The Morgan fingerprint density at radius 3 is 1.63 bits per heavy atom. The molecule has 0 aliphatic rings. The first-order chi connectivity index (χ1) is 31.2. The molecule has 0 aromatic rings. The molecular formula is C43H74N4O17S. The van der Waals surface area contributed by atoms with Crippen molar-refractivity contribution >= 4 is 64.9 Å². The predicted molar refractivity (Wildman–Crippen MR) is 238 cm³/mol. The lowest BCUT2D eigenvalue weighted by Crippen LogP contribution is -2.41. The number of rotatable bonds is 46. The van der Waals surface area contributed by atoms with Crippen molar-refractivity contribution in [3.8, 4) is 0 Å². The van der Waals surface area contributed by atoms with E-state index in [1.807, 2.05) is 0 Å². The Morgan fingerprint density at radius 1 is 0.538 bits per heavy atom. The standard InChI is InChI=1S/C43H74N4O17S/c1-2-32(36(50)26-33(27-48)42(57)58)30-65-31-40(54)45-18-17-44-38(52)28-64-25-23-62-21-19-46-39(53)29-63-24-22-61-20-11-12-34(49)15-16-35(43(59)60)47-37(51)13-9-7-5-3-4-6-8-10-14-41(55)56/h32-33,35,48H,2-31H2,1H3,(H,44,52)(H,45,54)(H,46,53)(H,47,51)(H,55,56)(H,57,58)(H,59,60)/t32-,33-,35-/m0/s1. The number of aliphatic hydroxyl groups is 1. The molecule has 22 heteroatoms. The molecule has 0 aliphatic heterocycles. The van der Waals surface area contributed by atoms with Crippen LogP contribution in [0.15, 0.2) is 0 Å². The molecule has 0 saturated carbocycles. The van der Waals surface area contributed by atoms with E-state index in [4.69, 9.17) is 34.3 Å². The number of ketones is 2. The highest BCUT2D eigenvalue weighted by molar-refractivity contribution is 7.99. The maximum Gasteiger partial charge on any atom is 0.326 e. The number of carbonyl (C=O) groups is 9. The van der Waals surface area contributed by atoms with Gasteiger partial charge in [0, 0.05) is 70.0 Å². The molecule has 0 saturated heterocycles. The molecule has 8 N–H and O–H groups in total. The van der Waals surface area contributed by atoms with Crippen LogP contribution in [0.5, 0.6) is 0 Å². The lowest BCUT2D eigenvalue weighted by Gasteiger charge is -2.15. The number of carbonyl (C=O) groups excluding carboxylic acids is 6. The summed E-state index contributed by atoms with van der Waals surface area (Å²) in [6, 6.07) is -1.14. The van der Waals surface area contributed by atoms with Crippen molar-refractivity contribution < 1.29 is 82.5 Å². The number of amides is 4. The molecule has 0 aliphatic carbocycles. The molecule has 0 radical (unpaired) electrons. The van der Waals surface area contributed by atoms with Crippen LogP contribution < -0.4 is 21.3 Å². The number of aliphatic hydroxyl groups excluding tert-OH is 1. The quantitative estimate of drug-likeness (QED) is 0.0401. The Hall–Kier alpha value is -4.22. The second kappa shape index (κ2) is 41.2. The van der Waals surface area contributed by atoms with E-state index in [1.165, 1.54) is 11.8 Å². The fourth-order valence-electron chi connectivity index (χ4n) is 5.91. The first-order valence-corrected chi connectivity index (χ1v) is 23.7. The molecule has 0 bridgehead atoms. The summed E-state index contributed by atoms with van der Waals surface area (Å²) in [5.74, 6) is -6.10. The summed E-state index contributed by atoms with van der Waals surface area (Å²) in [6.45, 7) is 2.55. The van der Waals surface area contributed by atoms with E-state index < -0.39 is 42.4 Å². The van der Waals surface area contributed by atoms with E-state index >= 15 is 0 Å². The summed E-state index contributed by atoms with van der Waals surface area (Å²) in [6.07, 6.45) is 8.27. The number of ether oxygens (including phenoxy) is 4. The van der Waals surface area contributed by atoms with E-state index in [-0.39, 0.29) is 152 Å². The van der Waals surface area contributed by atoms with Gasteiger partial charge in [-0.25, -0.2) is 4.79 Å². The molecule has 21 nitrogen and oxygen atoms in total. The molecule has 0 rings (SSSR count). The zero-order chi connectivity index (χ0) is 48.5. The molecular weight excluding hydrogens is 877 g/mol. The predicted octanol–water partition coefficient (Wildman–Crippen LogP) is 1.50. The lowest BCUT2D eigenvalue weighted by atomic mass is 9.94. The molecule has 3 atom stereocenters. The van der Waals surface area contributed by atoms with Crippen LogP contribution in [0.1, 0.15) is 110 Å². The average molecular weight is 951 g/mol. The van der Waals surface area contributed by atoms with Crippen molar-refractivity contribution in [1.82, 2.24) is 21.3 Å². The van der Waals surface area contributed by atoms with Gasteiger partial charge in [0.05, 0.1) is 51.3 Å². The van der Waals surface area contributed by atoms with Gasteiger partial charge in [-0.05, 0) is 32.1 Å². The van der Waals surface area contributed by atoms with Crippen LogP contribution in [-0.2, 0) is 62.1 Å². The highest BCUT2D eigenvalue weighted by Gasteiger charge is 2.25. The van der Waals surface area contributed by atoms with Gasteiger partial charge in [0.15, 0.2) is 0 Å². The van der Waals surface area contributed by atoms with Crippen molar-refractivity contribution in [2.45, 2.75) is 116 Å². The Balaban J connectivity index is 3.75. The van der Waals surface area contributed by atoms with Gasteiger partial charge in [0.1, 0.15) is 30.8 Å². The number of aliphatic carboxylic acids is 3. The van der Waals surface area contributed by atoms with Crippen LogP contribution in [0.4, 0.5) is 0 Å². The second-order valence-electron chi connectivity index (χ2n) is 15.2. The fraction of sp³-hybridized carbons (Fsp3) is 0.791. The molecule has 4 amide bonds. The van der Waals surface area contributed by atoms with Crippen LogP contribution >= 0.6 is 11.8 Å². The molecule has 0 spiro atoms. The number of hydrogen-bond donors (Lipinski definition) is 8. The highest BCUT2D eigenvalue weighted by Crippen LogP contribution is 2.18. The molecule has 65 heavy (non-hydrogen) atoms. The smallest absolute Gasteiger partial charge is 0.326 e. The monoisotopic (exact) mass is 950 g/mol. The van der Waals surface area contributed by atoms with E-state index in [1.54, 1.807) is 6.92 Å². The molecule has 374 valence electrons. The summed E-state index contributed by atoms with van der Waals surface area (Å²) < 4.78 is 21.3. The Morgan fingerprint density at radius 2 is 1.08 bits per heavy atom. The number of hydrogen-bond acceptors (Lipinski definition) is 15. The van der Waals surface area contributed by atoms with Gasteiger partial charge in [0.2, 0.25) is 23.6 Å². The third-order valence-electron chi connectivity index (χ3n) is 9.70. The molecule has 0 aromatic carbocycles. The van der Waals surface area contributed by atoms with E-state index in [9.17, 15) is 48.3 Å². The SMILES string of the molecule is CC[C@@H](CSCC(=O)NCCNC(=O)COCCOCCNC(=O)COCCOCCCC(=O)CC[C@H](NC(=O)CCCCCCCCCCC(=O)O)C(=O)O)C(=O)C[C@@H](CO)C(=O)O. The molecule has 0 aromatic heterocycles. The third kappa shape index (κ3) is 37.7. The van der Waals surface area contributed by atoms with Crippen molar-refractivity contribution in [2.24, 2.45) is 11.8 Å². The van der Waals surface area contributed by atoms with Gasteiger partial charge in [-0.3, -0.25) is 38.4 Å². The molecule has 0 heterocycles. The zero-order valence-electron chi connectivity index (χ0n) is 37.9. The van der Waals surface area contributed by atoms with Crippen molar-refractivity contribution in [3.63, 3.8) is 0 Å². The van der Waals surface area contributed by atoms with Crippen molar-refractivity contribution in [1.29, 1.82) is 0 Å². The van der Waals surface area contributed by atoms with Gasteiger partial charge in [-0.15, -0.1) is 0 Å². The van der Waals surface area contributed by atoms with Crippen LogP contribution in [0.3, 0.4) is 0 Å². The highest BCUT2D eigenvalue weighted by atomic mass is 32.2. The minimum atomic E-state index is -1.23. The van der Waals surface area contributed by atoms with Crippen molar-refractivity contribution in [2.75, 3.05) is 90.6 Å². The minimum absolute atomic E-state index is 0.000539. The fourth-order valence-corrected chi connectivity index (χ4v) is 7.02. The number of Topliss-reactive ketones (excluding diaryl/α,β-unsaturated/α-hetero) is 2. The number of thioether (sulfide) groups is 1. The van der Waals surface area contributed by atoms with Crippen molar-refractivity contribution in [3.05, 3.63) is 0 Å². The van der Waals surface area contributed by atoms with Gasteiger partial charge in [-0.2, -0.15) is 11.8 Å². The number of carboxylic acids is 3. The van der Waals surface area contributed by atoms with E-state index in [0.717, 1.165) is 38.5 Å².